The maximum absolute atomic E-state index is 5.68. The summed E-state index contributed by atoms with van der Waals surface area (Å²) in [4.78, 5) is 1.28. The Morgan fingerprint density at radius 1 is 1.21 bits per heavy atom. The number of nitrogens with one attached hydrogen (secondary N) is 1. The average molecular weight is 278 g/mol. The lowest BCUT2D eigenvalue weighted by atomic mass is 10.0. The fraction of sp³-hybridized carbons (Fsp3) is 0.286. The number of hydrogen-bond donors (Lipinski definition) is 2. The van der Waals surface area contributed by atoms with Crippen LogP contribution in [0.4, 0.5) is 0 Å². The molecule has 0 bridgehead atoms. The lowest BCUT2D eigenvalue weighted by Gasteiger charge is -2.17. The summed E-state index contributed by atoms with van der Waals surface area (Å²) in [6, 6.07) is 9.97. The summed E-state index contributed by atoms with van der Waals surface area (Å²) >= 11 is 1.72. The van der Waals surface area contributed by atoms with Gasteiger partial charge in [0.05, 0.1) is 20.3 Å². The van der Waals surface area contributed by atoms with Gasteiger partial charge in [-0.1, -0.05) is 6.07 Å². The SMILES string of the molecule is COc1cc(OC)cc(C(Cc2cccs2)NN)c1. The first-order valence-electron chi connectivity index (χ1n) is 5.98. The molecule has 4 nitrogen and oxygen atoms in total. The zero-order valence-corrected chi connectivity index (χ0v) is 11.9. The van der Waals surface area contributed by atoms with Gasteiger partial charge in [0.1, 0.15) is 11.5 Å². The Kier molecular flexibility index (Phi) is 4.79. The maximum Gasteiger partial charge on any atom is 0.122 e. The number of benzene rings is 1. The molecule has 1 aromatic carbocycles. The zero-order chi connectivity index (χ0) is 13.7. The summed E-state index contributed by atoms with van der Waals surface area (Å²) in [5.41, 5.74) is 3.90. The Hall–Kier alpha value is -1.56. The topological polar surface area (TPSA) is 56.5 Å². The molecular formula is C14H18N2O2S. The molecule has 0 saturated carbocycles. The molecule has 5 heteroatoms. The van der Waals surface area contributed by atoms with Gasteiger partial charge in [-0.15, -0.1) is 11.3 Å². The molecular weight excluding hydrogens is 260 g/mol. The first kappa shape index (κ1) is 13.9. The molecule has 0 aliphatic rings. The van der Waals surface area contributed by atoms with E-state index in [9.17, 15) is 0 Å². The minimum absolute atomic E-state index is 0.0302. The number of hydrogen-bond acceptors (Lipinski definition) is 5. The molecule has 1 aromatic heterocycles. The van der Waals surface area contributed by atoms with Crippen LogP contribution in [0.5, 0.6) is 11.5 Å². The van der Waals surface area contributed by atoms with Crippen molar-refractivity contribution in [2.24, 2.45) is 5.84 Å². The van der Waals surface area contributed by atoms with Crippen molar-refractivity contribution in [2.75, 3.05) is 14.2 Å². The van der Waals surface area contributed by atoms with Crippen LogP contribution in [0.15, 0.2) is 35.7 Å². The van der Waals surface area contributed by atoms with E-state index < -0.39 is 0 Å². The van der Waals surface area contributed by atoms with Gasteiger partial charge in [-0.05, 0) is 29.1 Å². The van der Waals surface area contributed by atoms with Crippen LogP contribution in [0.1, 0.15) is 16.5 Å². The van der Waals surface area contributed by atoms with Crippen LogP contribution in [0.2, 0.25) is 0 Å². The van der Waals surface area contributed by atoms with Gasteiger partial charge in [-0.2, -0.15) is 0 Å². The lowest BCUT2D eigenvalue weighted by Crippen LogP contribution is -2.29. The van der Waals surface area contributed by atoms with Crippen LogP contribution in [-0.4, -0.2) is 14.2 Å². The van der Waals surface area contributed by atoms with Crippen molar-refractivity contribution in [1.82, 2.24) is 5.43 Å². The smallest absolute Gasteiger partial charge is 0.122 e. The maximum atomic E-state index is 5.68. The number of methoxy groups -OCH3 is 2. The number of hydrazine groups is 1. The molecule has 2 rings (SSSR count). The van der Waals surface area contributed by atoms with Crippen molar-refractivity contribution in [1.29, 1.82) is 0 Å². The Bertz CT molecular complexity index is 492. The van der Waals surface area contributed by atoms with E-state index >= 15 is 0 Å². The third-order valence-corrected chi connectivity index (χ3v) is 3.86. The molecule has 0 aliphatic heterocycles. The summed E-state index contributed by atoms with van der Waals surface area (Å²) in [5, 5.41) is 2.06. The lowest BCUT2D eigenvalue weighted by molar-refractivity contribution is 0.391. The number of rotatable bonds is 6. The van der Waals surface area contributed by atoms with Crippen LogP contribution >= 0.6 is 11.3 Å². The molecule has 0 saturated heterocycles. The van der Waals surface area contributed by atoms with Crippen molar-refractivity contribution >= 4 is 11.3 Å². The van der Waals surface area contributed by atoms with Gasteiger partial charge in [0.25, 0.3) is 0 Å². The predicted octanol–water partition coefficient (Wildman–Crippen LogP) is 2.51. The molecule has 0 radical (unpaired) electrons. The molecule has 0 spiro atoms. The standard InChI is InChI=1S/C14H18N2O2S/c1-17-11-6-10(7-12(8-11)18-2)14(16-15)9-13-4-3-5-19-13/h3-8,14,16H,9,15H2,1-2H3. The van der Waals surface area contributed by atoms with Crippen LogP contribution in [0.3, 0.4) is 0 Å². The second-order valence-corrected chi connectivity index (χ2v) is 5.18. The molecule has 0 aliphatic carbocycles. The highest BCUT2D eigenvalue weighted by Gasteiger charge is 2.14. The van der Waals surface area contributed by atoms with Crippen LogP contribution in [0.25, 0.3) is 0 Å². The van der Waals surface area contributed by atoms with Gasteiger partial charge in [-0.25, -0.2) is 0 Å². The average Bonchev–Trinajstić information content (AvgIpc) is 2.97. The van der Waals surface area contributed by atoms with Gasteiger partial charge in [0.2, 0.25) is 0 Å². The van der Waals surface area contributed by atoms with Gasteiger partial charge < -0.3 is 9.47 Å². The molecule has 0 fully saturated rings. The number of nitrogens with two attached hydrogens (primary N) is 1. The van der Waals surface area contributed by atoms with Gasteiger partial charge in [0.15, 0.2) is 0 Å². The Morgan fingerprint density at radius 2 is 1.89 bits per heavy atom. The first-order chi connectivity index (χ1) is 9.26. The molecule has 3 N–H and O–H groups in total. The van der Waals surface area contributed by atoms with Crippen molar-refractivity contribution in [3.8, 4) is 11.5 Å². The van der Waals surface area contributed by atoms with Crippen molar-refractivity contribution < 1.29 is 9.47 Å². The van der Waals surface area contributed by atoms with Crippen molar-refractivity contribution in [3.05, 3.63) is 46.2 Å². The van der Waals surface area contributed by atoms with Crippen LogP contribution in [0, 0.1) is 0 Å². The van der Waals surface area contributed by atoms with E-state index in [2.05, 4.69) is 16.9 Å². The number of thiophene rings is 1. The van der Waals surface area contributed by atoms with Gasteiger partial charge in [-0.3, -0.25) is 11.3 Å². The summed E-state index contributed by atoms with van der Waals surface area (Å²) < 4.78 is 10.6. The van der Waals surface area contributed by atoms with E-state index in [1.165, 1.54) is 4.88 Å². The molecule has 1 heterocycles. The highest BCUT2D eigenvalue weighted by Crippen LogP contribution is 2.28. The monoisotopic (exact) mass is 278 g/mol. The van der Waals surface area contributed by atoms with Crippen LogP contribution < -0.4 is 20.7 Å². The normalized spacial score (nSPS) is 12.2. The third-order valence-electron chi connectivity index (χ3n) is 2.96. The predicted molar refractivity (Wildman–Crippen MR) is 77.6 cm³/mol. The molecule has 1 unspecified atom stereocenters. The second-order valence-electron chi connectivity index (χ2n) is 4.15. The highest BCUT2D eigenvalue weighted by molar-refractivity contribution is 7.09. The fourth-order valence-corrected chi connectivity index (χ4v) is 2.69. The van der Waals surface area contributed by atoms with Gasteiger partial charge in [0, 0.05) is 17.4 Å². The van der Waals surface area contributed by atoms with Gasteiger partial charge >= 0.3 is 0 Å². The molecule has 2 aromatic rings. The molecule has 102 valence electrons. The van der Waals surface area contributed by atoms with E-state index in [1.807, 2.05) is 24.3 Å². The van der Waals surface area contributed by atoms with E-state index in [1.54, 1.807) is 25.6 Å². The van der Waals surface area contributed by atoms with E-state index in [0.29, 0.717) is 0 Å². The quantitative estimate of drug-likeness (QED) is 0.630. The minimum Gasteiger partial charge on any atom is -0.497 e. The largest absolute Gasteiger partial charge is 0.497 e. The molecule has 19 heavy (non-hydrogen) atoms. The zero-order valence-electron chi connectivity index (χ0n) is 11.1. The molecule has 1 atom stereocenters. The Labute approximate surface area is 117 Å². The van der Waals surface area contributed by atoms with Crippen molar-refractivity contribution in [3.63, 3.8) is 0 Å². The third kappa shape index (κ3) is 3.47. The van der Waals surface area contributed by atoms with E-state index in [4.69, 9.17) is 15.3 Å². The first-order valence-corrected chi connectivity index (χ1v) is 6.86. The highest BCUT2D eigenvalue weighted by atomic mass is 32.1. The summed E-state index contributed by atoms with van der Waals surface area (Å²) in [7, 11) is 3.28. The minimum atomic E-state index is 0.0302. The second kappa shape index (κ2) is 6.56. The van der Waals surface area contributed by atoms with Crippen LogP contribution in [-0.2, 0) is 6.42 Å². The Balaban J connectivity index is 2.26. The van der Waals surface area contributed by atoms with Crippen molar-refractivity contribution in [2.45, 2.75) is 12.5 Å². The molecule has 0 amide bonds. The summed E-state index contributed by atoms with van der Waals surface area (Å²) in [6.45, 7) is 0. The van der Waals surface area contributed by atoms with E-state index in [-0.39, 0.29) is 6.04 Å². The fourth-order valence-electron chi connectivity index (χ4n) is 1.93. The summed E-state index contributed by atoms with van der Waals surface area (Å²) in [6.07, 6.45) is 0.838. The van der Waals surface area contributed by atoms with E-state index in [0.717, 1.165) is 23.5 Å². The Morgan fingerprint density at radius 3 is 2.37 bits per heavy atom. The number of ether oxygens (including phenoxy) is 2. The summed E-state index contributed by atoms with van der Waals surface area (Å²) in [5.74, 6) is 7.21.